The molecule has 0 saturated carbocycles. The van der Waals surface area contributed by atoms with Crippen LogP contribution in [0.3, 0.4) is 0 Å². The third kappa shape index (κ3) is 5.07. The SMILES string of the molecule is C#CCCCOc1ccc(Br)c(/C=C/C(=O)O)c1. The molecule has 94 valence electrons. The lowest BCUT2D eigenvalue weighted by Gasteiger charge is -2.07. The highest BCUT2D eigenvalue weighted by molar-refractivity contribution is 9.10. The summed E-state index contributed by atoms with van der Waals surface area (Å²) in [7, 11) is 0. The molecule has 1 aromatic rings. The third-order valence-electron chi connectivity index (χ3n) is 2.11. The molecule has 0 aliphatic rings. The maximum absolute atomic E-state index is 10.5. The molecular formula is C14H13BrO3. The fourth-order valence-corrected chi connectivity index (χ4v) is 1.64. The van der Waals surface area contributed by atoms with Crippen molar-refractivity contribution in [2.24, 2.45) is 0 Å². The second kappa shape index (κ2) is 7.57. The van der Waals surface area contributed by atoms with E-state index in [1.54, 1.807) is 6.07 Å². The van der Waals surface area contributed by atoms with Crippen LogP contribution >= 0.6 is 15.9 Å². The second-order valence-corrected chi connectivity index (χ2v) is 4.37. The van der Waals surface area contributed by atoms with Crippen LogP contribution in [-0.2, 0) is 4.79 Å². The average molecular weight is 309 g/mol. The molecule has 0 aliphatic heterocycles. The molecule has 1 aromatic carbocycles. The van der Waals surface area contributed by atoms with Crippen molar-refractivity contribution in [1.29, 1.82) is 0 Å². The van der Waals surface area contributed by atoms with Crippen LogP contribution in [0.2, 0.25) is 0 Å². The minimum atomic E-state index is -0.984. The van der Waals surface area contributed by atoms with Gasteiger partial charge in [-0.25, -0.2) is 4.79 Å². The maximum Gasteiger partial charge on any atom is 0.328 e. The zero-order valence-electron chi connectivity index (χ0n) is 9.73. The van der Waals surface area contributed by atoms with Crippen LogP contribution in [0.15, 0.2) is 28.7 Å². The van der Waals surface area contributed by atoms with E-state index in [2.05, 4.69) is 21.9 Å². The first-order valence-electron chi connectivity index (χ1n) is 5.40. The number of carbonyl (C=O) groups is 1. The normalized spacial score (nSPS) is 10.2. The van der Waals surface area contributed by atoms with E-state index in [0.29, 0.717) is 18.8 Å². The van der Waals surface area contributed by atoms with Crippen molar-refractivity contribution in [3.8, 4) is 18.1 Å². The van der Waals surface area contributed by atoms with Crippen molar-refractivity contribution >= 4 is 28.0 Å². The molecule has 4 heteroatoms. The average Bonchev–Trinajstić information content (AvgIpc) is 2.34. The number of hydrogen-bond acceptors (Lipinski definition) is 2. The van der Waals surface area contributed by atoms with Crippen LogP contribution in [-0.4, -0.2) is 17.7 Å². The minimum absolute atomic E-state index is 0.550. The smallest absolute Gasteiger partial charge is 0.328 e. The van der Waals surface area contributed by atoms with Crippen molar-refractivity contribution in [2.45, 2.75) is 12.8 Å². The van der Waals surface area contributed by atoms with Gasteiger partial charge in [-0.2, -0.15) is 0 Å². The predicted octanol–water partition coefficient (Wildman–Crippen LogP) is 3.34. The zero-order chi connectivity index (χ0) is 13.4. The fourth-order valence-electron chi connectivity index (χ4n) is 1.26. The molecular weight excluding hydrogens is 296 g/mol. The van der Waals surface area contributed by atoms with Gasteiger partial charge < -0.3 is 9.84 Å². The van der Waals surface area contributed by atoms with E-state index in [1.807, 2.05) is 12.1 Å². The molecule has 0 amide bonds. The molecule has 18 heavy (non-hydrogen) atoms. The highest BCUT2D eigenvalue weighted by atomic mass is 79.9. The molecule has 0 spiro atoms. The summed E-state index contributed by atoms with van der Waals surface area (Å²) in [6.07, 6.45) is 9.22. The summed E-state index contributed by atoms with van der Waals surface area (Å²) in [6.45, 7) is 0.550. The number of unbranched alkanes of at least 4 members (excludes halogenated alkanes) is 1. The Morgan fingerprint density at radius 2 is 2.33 bits per heavy atom. The zero-order valence-corrected chi connectivity index (χ0v) is 11.3. The number of carboxylic acids is 1. The van der Waals surface area contributed by atoms with Gasteiger partial charge in [-0.05, 0) is 36.3 Å². The molecule has 1 N–H and O–H groups in total. The Morgan fingerprint density at radius 3 is 3.00 bits per heavy atom. The fraction of sp³-hybridized carbons (Fsp3) is 0.214. The monoisotopic (exact) mass is 308 g/mol. The number of carboxylic acid groups (broad SMARTS) is 1. The number of aliphatic carboxylic acids is 1. The molecule has 0 heterocycles. The molecule has 0 unspecified atom stereocenters. The van der Waals surface area contributed by atoms with Crippen LogP contribution in [0.25, 0.3) is 6.08 Å². The first kappa shape index (κ1) is 14.3. The van der Waals surface area contributed by atoms with Crippen LogP contribution in [0.5, 0.6) is 5.75 Å². The number of hydrogen-bond donors (Lipinski definition) is 1. The summed E-state index contributed by atoms with van der Waals surface area (Å²) in [5.74, 6) is 2.25. The first-order chi connectivity index (χ1) is 8.63. The Morgan fingerprint density at radius 1 is 1.56 bits per heavy atom. The highest BCUT2D eigenvalue weighted by Crippen LogP contribution is 2.24. The molecule has 0 fully saturated rings. The van der Waals surface area contributed by atoms with E-state index in [-0.39, 0.29) is 0 Å². The summed E-state index contributed by atoms with van der Waals surface area (Å²) in [6, 6.07) is 5.41. The summed E-state index contributed by atoms with van der Waals surface area (Å²) in [5, 5.41) is 8.58. The Balaban J connectivity index is 2.69. The number of terminal acetylenes is 1. The summed E-state index contributed by atoms with van der Waals surface area (Å²) < 4.78 is 6.33. The van der Waals surface area contributed by atoms with E-state index in [0.717, 1.165) is 22.5 Å². The van der Waals surface area contributed by atoms with Gasteiger partial charge in [0.2, 0.25) is 0 Å². The molecule has 0 bridgehead atoms. The van der Waals surface area contributed by atoms with Crippen LogP contribution < -0.4 is 4.74 Å². The summed E-state index contributed by atoms with van der Waals surface area (Å²) in [4.78, 5) is 10.5. The van der Waals surface area contributed by atoms with Gasteiger partial charge in [0, 0.05) is 17.0 Å². The van der Waals surface area contributed by atoms with Gasteiger partial charge in [-0.15, -0.1) is 12.3 Å². The van der Waals surface area contributed by atoms with Crippen LogP contribution in [0.1, 0.15) is 18.4 Å². The van der Waals surface area contributed by atoms with Crippen molar-refractivity contribution in [3.05, 3.63) is 34.3 Å². The Kier molecular flexibility index (Phi) is 6.03. The molecule has 3 nitrogen and oxygen atoms in total. The van der Waals surface area contributed by atoms with E-state index in [4.69, 9.17) is 16.3 Å². The van der Waals surface area contributed by atoms with Crippen LogP contribution in [0, 0.1) is 12.3 Å². The minimum Gasteiger partial charge on any atom is -0.494 e. The molecule has 0 aliphatic carbocycles. The maximum atomic E-state index is 10.5. The van der Waals surface area contributed by atoms with Gasteiger partial charge >= 0.3 is 5.97 Å². The molecule has 1 rings (SSSR count). The molecule has 0 radical (unpaired) electrons. The second-order valence-electron chi connectivity index (χ2n) is 3.51. The largest absolute Gasteiger partial charge is 0.494 e. The van der Waals surface area contributed by atoms with Crippen molar-refractivity contribution < 1.29 is 14.6 Å². The van der Waals surface area contributed by atoms with Gasteiger partial charge in [0.25, 0.3) is 0 Å². The standard InChI is InChI=1S/C14H13BrO3/c1-2-3-4-9-18-12-6-7-13(15)11(10-12)5-8-14(16)17/h1,5-8,10H,3-4,9H2,(H,16,17)/b8-5+. The van der Waals surface area contributed by atoms with Gasteiger partial charge in [0.15, 0.2) is 0 Å². The summed E-state index contributed by atoms with van der Waals surface area (Å²) in [5.41, 5.74) is 0.756. The molecule has 0 saturated heterocycles. The lowest BCUT2D eigenvalue weighted by molar-refractivity contribution is -0.131. The Labute approximate surface area is 115 Å². The summed E-state index contributed by atoms with van der Waals surface area (Å²) >= 11 is 3.35. The number of ether oxygens (including phenoxy) is 1. The number of rotatable bonds is 6. The van der Waals surface area contributed by atoms with Gasteiger partial charge in [0.1, 0.15) is 5.75 Å². The van der Waals surface area contributed by atoms with E-state index >= 15 is 0 Å². The van der Waals surface area contributed by atoms with E-state index in [9.17, 15) is 4.79 Å². The first-order valence-corrected chi connectivity index (χ1v) is 6.19. The topological polar surface area (TPSA) is 46.5 Å². The van der Waals surface area contributed by atoms with Crippen LogP contribution in [0.4, 0.5) is 0 Å². The number of halogens is 1. The molecule has 0 atom stereocenters. The highest BCUT2D eigenvalue weighted by Gasteiger charge is 2.00. The van der Waals surface area contributed by atoms with E-state index in [1.165, 1.54) is 6.08 Å². The van der Waals surface area contributed by atoms with Crippen molar-refractivity contribution in [3.63, 3.8) is 0 Å². The Bertz CT molecular complexity index is 486. The van der Waals surface area contributed by atoms with Gasteiger partial charge in [-0.3, -0.25) is 0 Å². The predicted molar refractivity (Wildman–Crippen MR) is 74.4 cm³/mol. The number of benzene rings is 1. The van der Waals surface area contributed by atoms with Gasteiger partial charge in [0.05, 0.1) is 6.61 Å². The third-order valence-corrected chi connectivity index (χ3v) is 2.83. The van der Waals surface area contributed by atoms with Gasteiger partial charge in [-0.1, -0.05) is 15.9 Å². The quantitative estimate of drug-likeness (QED) is 0.498. The van der Waals surface area contributed by atoms with Crippen molar-refractivity contribution in [2.75, 3.05) is 6.61 Å². The molecule has 0 aromatic heterocycles. The van der Waals surface area contributed by atoms with Crippen molar-refractivity contribution in [1.82, 2.24) is 0 Å². The lowest BCUT2D eigenvalue weighted by Crippen LogP contribution is -1.97. The van der Waals surface area contributed by atoms with E-state index < -0.39 is 5.97 Å². The Hall–Kier alpha value is -1.73. The lowest BCUT2D eigenvalue weighted by atomic mass is 10.2.